The zero-order valence-electron chi connectivity index (χ0n) is 19.6. The Balaban J connectivity index is 1.89. The van der Waals surface area contributed by atoms with Crippen molar-refractivity contribution < 1.29 is 22.7 Å². The number of anilines is 2. The van der Waals surface area contributed by atoms with Crippen molar-refractivity contribution in [2.24, 2.45) is 21.5 Å². The van der Waals surface area contributed by atoms with Gasteiger partial charge in [-0.15, -0.1) is 0 Å². The molecule has 0 saturated heterocycles. The van der Waals surface area contributed by atoms with Crippen molar-refractivity contribution in [2.45, 2.75) is 70.3 Å². The Morgan fingerprint density at radius 2 is 1.82 bits per heavy atom. The monoisotopic (exact) mass is 483 g/mol. The largest absolute Gasteiger partial charge is 0.444 e. The van der Waals surface area contributed by atoms with E-state index in [4.69, 9.17) is 16.2 Å². The maximum Gasteiger partial charge on any atom is 0.416 e. The number of aliphatic imine (C=N–C) groups is 2. The average molecular weight is 484 g/mol. The number of halogens is 3. The fourth-order valence-corrected chi connectivity index (χ4v) is 4.19. The van der Waals surface area contributed by atoms with Gasteiger partial charge in [0.1, 0.15) is 11.3 Å². The predicted octanol–water partition coefficient (Wildman–Crippen LogP) is 3.75. The van der Waals surface area contributed by atoms with E-state index >= 15 is 0 Å². The van der Waals surface area contributed by atoms with Crippen LogP contribution in [0.4, 0.5) is 29.3 Å². The fourth-order valence-electron chi connectivity index (χ4n) is 4.19. The van der Waals surface area contributed by atoms with Gasteiger partial charge in [-0.3, -0.25) is 4.90 Å². The third-order valence-corrected chi connectivity index (χ3v) is 5.53. The molecule has 3 rings (SSSR count). The van der Waals surface area contributed by atoms with Gasteiger partial charge in [-0.05, 0) is 64.7 Å². The molecule has 1 aromatic carbocycles. The molecular formula is C22H32F3N7O2. The number of amides is 1. The van der Waals surface area contributed by atoms with Gasteiger partial charge in [0.25, 0.3) is 0 Å². The molecule has 2 aliphatic rings. The maximum atomic E-state index is 13.6. The molecule has 0 bridgehead atoms. The number of nitrogens with zero attached hydrogens (tertiary/aromatic N) is 3. The van der Waals surface area contributed by atoms with E-state index in [1.165, 1.54) is 6.07 Å². The minimum absolute atomic E-state index is 0.0105. The molecule has 188 valence electrons. The second-order valence-corrected chi connectivity index (χ2v) is 9.40. The molecule has 0 radical (unpaired) electrons. The Bertz CT molecular complexity index is 964. The first-order valence-electron chi connectivity index (χ1n) is 11.2. The van der Waals surface area contributed by atoms with Gasteiger partial charge in [0.15, 0.2) is 0 Å². The molecule has 1 heterocycles. The smallest absolute Gasteiger partial charge is 0.416 e. The summed E-state index contributed by atoms with van der Waals surface area (Å²) in [6, 6.07) is 3.38. The van der Waals surface area contributed by atoms with E-state index in [0.717, 1.165) is 31.4 Å². The molecule has 0 atom stereocenters. The first-order chi connectivity index (χ1) is 15.8. The minimum Gasteiger partial charge on any atom is -0.444 e. The molecule has 1 aliphatic carbocycles. The lowest BCUT2D eigenvalue weighted by molar-refractivity contribution is -0.137. The number of benzene rings is 1. The normalized spacial score (nSPS) is 18.2. The molecule has 34 heavy (non-hydrogen) atoms. The number of carbonyl (C=O) groups excluding carboxylic acids is 1. The topological polar surface area (TPSA) is 130 Å². The lowest BCUT2D eigenvalue weighted by atomic mass is 9.87. The summed E-state index contributed by atoms with van der Waals surface area (Å²) in [7, 11) is 0. The molecule has 1 aliphatic heterocycles. The summed E-state index contributed by atoms with van der Waals surface area (Å²) < 4.78 is 45.9. The summed E-state index contributed by atoms with van der Waals surface area (Å²) in [5.41, 5.74) is 10.4. The molecule has 1 aromatic rings. The van der Waals surface area contributed by atoms with Crippen molar-refractivity contribution in [2.75, 3.05) is 23.3 Å². The van der Waals surface area contributed by atoms with Crippen LogP contribution in [-0.2, 0) is 10.9 Å². The van der Waals surface area contributed by atoms with E-state index in [9.17, 15) is 18.0 Å². The van der Waals surface area contributed by atoms with Crippen LogP contribution in [0.2, 0.25) is 0 Å². The van der Waals surface area contributed by atoms with Gasteiger partial charge < -0.3 is 26.8 Å². The first-order valence-corrected chi connectivity index (χ1v) is 11.2. The zero-order chi connectivity index (χ0) is 25.1. The Kier molecular flexibility index (Phi) is 7.18. The van der Waals surface area contributed by atoms with Crippen LogP contribution in [0, 0.1) is 0 Å². The highest BCUT2D eigenvalue weighted by Crippen LogP contribution is 2.43. The van der Waals surface area contributed by atoms with Crippen LogP contribution in [0.5, 0.6) is 0 Å². The van der Waals surface area contributed by atoms with Gasteiger partial charge in [-0.25, -0.2) is 9.79 Å². The van der Waals surface area contributed by atoms with Crippen molar-refractivity contribution in [3.05, 3.63) is 23.8 Å². The Labute approximate surface area is 196 Å². The van der Waals surface area contributed by atoms with Gasteiger partial charge in [0.05, 0.1) is 16.9 Å². The molecule has 1 saturated carbocycles. The van der Waals surface area contributed by atoms with Crippen molar-refractivity contribution >= 4 is 29.4 Å². The molecule has 9 nitrogen and oxygen atoms in total. The summed E-state index contributed by atoms with van der Waals surface area (Å²) in [5.74, 6) is 0.00218. The van der Waals surface area contributed by atoms with E-state index in [1.807, 2.05) is 0 Å². The minimum atomic E-state index is -4.55. The van der Waals surface area contributed by atoms with Crippen LogP contribution in [0.25, 0.3) is 0 Å². The van der Waals surface area contributed by atoms with Gasteiger partial charge in [0, 0.05) is 13.1 Å². The molecule has 12 heteroatoms. The number of nitrogens with one attached hydrogen (secondary N) is 2. The van der Waals surface area contributed by atoms with E-state index in [2.05, 4.69) is 20.6 Å². The lowest BCUT2D eigenvalue weighted by Crippen LogP contribution is -2.58. The highest BCUT2D eigenvalue weighted by molar-refractivity contribution is 6.07. The van der Waals surface area contributed by atoms with Gasteiger partial charge in [-0.2, -0.15) is 18.2 Å². The number of carbonyl (C=O) groups is 1. The first kappa shape index (κ1) is 25.4. The SMILES string of the molecule is CC(C)(C)OC(=O)NCCNc1ccc(C(F)(F)F)cc1N1C(N)=NC(N)=NC12CCCCC2. The van der Waals surface area contributed by atoms with Crippen LogP contribution in [0.3, 0.4) is 0 Å². The molecule has 1 spiro atoms. The van der Waals surface area contributed by atoms with Crippen LogP contribution in [-0.4, -0.2) is 42.4 Å². The van der Waals surface area contributed by atoms with Crippen LogP contribution >= 0.6 is 0 Å². The molecule has 1 fully saturated rings. The Morgan fingerprint density at radius 3 is 2.44 bits per heavy atom. The van der Waals surface area contributed by atoms with Crippen LogP contribution < -0.4 is 27.0 Å². The average Bonchev–Trinajstić information content (AvgIpc) is 2.69. The number of nitrogens with two attached hydrogens (primary N) is 2. The summed E-state index contributed by atoms with van der Waals surface area (Å²) in [4.78, 5) is 22.0. The van der Waals surface area contributed by atoms with E-state index in [1.54, 1.807) is 25.7 Å². The van der Waals surface area contributed by atoms with Crippen LogP contribution in [0.1, 0.15) is 58.4 Å². The second kappa shape index (κ2) is 9.59. The van der Waals surface area contributed by atoms with Crippen LogP contribution in [0.15, 0.2) is 28.2 Å². The van der Waals surface area contributed by atoms with Crippen molar-refractivity contribution in [3.8, 4) is 0 Å². The molecule has 6 N–H and O–H groups in total. The predicted molar refractivity (Wildman–Crippen MR) is 126 cm³/mol. The standard InChI is InChI=1S/C22H32F3N7O2/c1-20(2,3)34-19(33)29-12-11-28-15-8-7-14(22(23,24)25)13-16(15)32-18(27)30-17(26)31-21(32)9-5-4-6-10-21/h7-8,13,28H,4-6,9-12H2,1-3H3,(H,29,33)(H4,26,27,30,31). The van der Waals surface area contributed by atoms with Crippen molar-refractivity contribution in [1.82, 2.24) is 5.32 Å². The second-order valence-electron chi connectivity index (χ2n) is 9.40. The summed E-state index contributed by atoms with van der Waals surface area (Å²) in [6.45, 7) is 5.68. The molecule has 1 amide bonds. The van der Waals surface area contributed by atoms with E-state index < -0.39 is 29.1 Å². The van der Waals surface area contributed by atoms with E-state index in [-0.39, 0.29) is 30.7 Å². The highest BCUT2D eigenvalue weighted by Gasteiger charge is 2.44. The summed E-state index contributed by atoms with van der Waals surface area (Å²) in [5, 5.41) is 5.70. The quantitative estimate of drug-likeness (QED) is 0.472. The van der Waals surface area contributed by atoms with Gasteiger partial charge in [0.2, 0.25) is 11.9 Å². The number of rotatable bonds is 5. The molecule has 0 unspecified atom stereocenters. The van der Waals surface area contributed by atoms with E-state index in [0.29, 0.717) is 18.5 Å². The number of ether oxygens (including phenoxy) is 1. The Morgan fingerprint density at radius 1 is 1.15 bits per heavy atom. The maximum absolute atomic E-state index is 13.6. The summed E-state index contributed by atoms with van der Waals surface area (Å²) >= 11 is 0. The lowest BCUT2D eigenvalue weighted by Gasteiger charge is -2.46. The fraction of sp³-hybridized carbons (Fsp3) is 0.591. The number of hydrogen-bond donors (Lipinski definition) is 4. The van der Waals surface area contributed by atoms with Crippen molar-refractivity contribution in [3.63, 3.8) is 0 Å². The Hall–Kier alpha value is -3.18. The number of hydrogen-bond acceptors (Lipinski definition) is 8. The number of alkyl carbamates (subject to hydrolysis) is 1. The summed E-state index contributed by atoms with van der Waals surface area (Å²) in [6.07, 6.45) is -1.30. The number of alkyl halides is 3. The highest BCUT2D eigenvalue weighted by atomic mass is 19.4. The number of guanidine groups is 2. The van der Waals surface area contributed by atoms with Crippen molar-refractivity contribution in [1.29, 1.82) is 0 Å². The third-order valence-electron chi connectivity index (χ3n) is 5.53. The zero-order valence-corrected chi connectivity index (χ0v) is 19.6. The molecule has 0 aromatic heterocycles. The van der Waals surface area contributed by atoms with Gasteiger partial charge in [-0.1, -0.05) is 6.42 Å². The van der Waals surface area contributed by atoms with Gasteiger partial charge >= 0.3 is 12.3 Å². The third kappa shape index (κ3) is 6.03. The molecular weight excluding hydrogens is 451 g/mol.